The first-order valence-electron chi connectivity index (χ1n) is 12.4. The number of amides is 1. The van der Waals surface area contributed by atoms with Crippen LogP contribution < -0.4 is 14.5 Å². The molecule has 1 aromatic heterocycles. The molecule has 0 bridgehead atoms. The smallest absolute Gasteiger partial charge is 0.255 e. The largest absolute Gasteiger partial charge is 0.378 e. The standard InChI is InChI=1S/C27H29ClN4O4S/c28-24-11-8-21(19-23(24)26-25(5-4-12-29-26)31-14-16-36-17-15-31)30-27(33)20-6-9-22(10-7-20)32-13-2-1-3-18-37(32,34)35/h4-12,19H,1-3,13-18H2,(H,30,33). The lowest BCUT2D eigenvalue weighted by Gasteiger charge is -2.30. The maximum atomic E-state index is 13.0. The molecule has 1 N–H and O–H groups in total. The second-order valence-electron chi connectivity index (χ2n) is 9.11. The van der Waals surface area contributed by atoms with Crippen LogP contribution in [0.4, 0.5) is 17.1 Å². The molecule has 0 radical (unpaired) electrons. The van der Waals surface area contributed by atoms with Gasteiger partial charge < -0.3 is 15.0 Å². The first kappa shape index (κ1) is 25.5. The number of anilines is 3. The molecule has 0 spiro atoms. The van der Waals surface area contributed by atoms with Crippen molar-refractivity contribution < 1.29 is 17.9 Å². The number of nitrogens with zero attached hydrogens (tertiary/aromatic N) is 3. The summed E-state index contributed by atoms with van der Waals surface area (Å²) in [6, 6.07) is 15.9. The van der Waals surface area contributed by atoms with Gasteiger partial charge in [-0.05, 0) is 67.4 Å². The molecule has 2 aromatic carbocycles. The van der Waals surface area contributed by atoms with Gasteiger partial charge in [-0.25, -0.2) is 8.42 Å². The SMILES string of the molecule is O=C(Nc1ccc(Cl)c(-c2ncccc2N2CCOCC2)c1)c1ccc(N2CCCCCS2(=O)=O)cc1. The predicted molar refractivity (Wildman–Crippen MR) is 147 cm³/mol. The third-order valence-electron chi connectivity index (χ3n) is 6.63. The van der Waals surface area contributed by atoms with Crippen LogP contribution >= 0.6 is 11.6 Å². The molecular weight excluding hydrogens is 512 g/mol. The van der Waals surface area contributed by atoms with Crippen LogP contribution in [-0.4, -0.2) is 57.9 Å². The molecule has 2 saturated heterocycles. The summed E-state index contributed by atoms with van der Waals surface area (Å²) in [5.74, 6) is -0.148. The van der Waals surface area contributed by atoms with Crippen LogP contribution in [0.1, 0.15) is 29.6 Å². The molecule has 1 amide bonds. The lowest BCUT2D eigenvalue weighted by molar-refractivity contribution is 0.102. The number of nitrogens with one attached hydrogen (secondary N) is 1. The average Bonchev–Trinajstić information content (AvgIpc) is 3.10. The van der Waals surface area contributed by atoms with Crippen LogP contribution in [0.15, 0.2) is 60.8 Å². The summed E-state index contributed by atoms with van der Waals surface area (Å²) >= 11 is 6.57. The summed E-state index contributed by atoms with van der Waals surface area (Å²) < 4.78 is 32.1. The molecule has 194 valence electrons. The molecule has 10 heteroatoms. The predicted octanol–water partition coefficient (Wildman–Crippen LogP) is 4.81. The van der Waals surface area contributed by atoms with Crippen LogP contribution in [0.25, 0.3) is 11.3 Å². The second kappa shape index (κ2) is 11.1. The van der Waals surface area contributed by atoms with Gasteiger partial charge in [0.25, 0.3) is 5.91 Å². The van der Waals surface area contributed by atoms with E-state index in [1.54, 1.807) is 42.6 Å². The summed E-state index contributed by atoms with van der Waals surface area (Å²) in [6.07, 6.45) is 4.12. The lowest BCUT2D eigenvalue weighted by Crippen LogP contribution is -2.36. The summed E-state index contributed by atoms with van der Waals surface area (Å²) in [5.41, 5.74) is 4.03. The summed E-state index contributed by atoms with van der Waals surface area (Å²) in [7, 11) is -3.34. The molecule has 2 aliphatic rings. The number of halogens is 1. The average molecular weight is 541 g/mol. The highest BCUT2D eigenvalue weighted by Crippen LogP contribution is 2.36. The fourth-order valence-corrected chi connectivity index (χ4v) is 6.53. The zero-order valence-electron chi connectivity index (χ0n) is 20.4. The molecule has 3 heterocycles. The first-order chi connectivity index (χ1) is 17.9. The fraction of sp³-hybridized carbons (Fsp3) is 0.333. The van der Waals surface area contributed by atoms with Gasteiger partial charge in [-0.1, -0.05) is 18.0 Å². The van der Waals surface area contributed by atoms with Gasteiger partial charge in [0, 0.05) is 42.6 Å². The molecule has 3 aromatic rings. The van der Waals surface area contributed by atoms with Gasteiger partial charge in [0.15, 0.2) is 0 Å². The molecule has 5 rings (SSSR count). The van der Waals surface area contributed by atoms with Crippen LogP contribution in [0, 0.1) is 0 Å². The number of aromatic nitrogens is 1. The molecular formula is C27H29ClN4O4S. The Balaban J connectivity index is 1.36. The van der Waals surface area contributed by atoms with Crippen LogP contribution in [0.5, 0.6) is 0 Å². The molecule has 2 fully saturated rings. The Labute approximate surface area is 222 Å². The number of benzene rings is 2. The van der Waals surface area contributed by atoms with Crippen molar-refractivity contribution in [3.05, 3.63) is 71.4 Å². The minimum Gasteiger partial charge on any atom is -0.378 e. The highest BCUT2D eigenvalue weighted by molar-refractivity contribution is 7.92. The van der Waals surface area contributed by atoms with Crippen molar-refractivity contribution in [3.63, 3.8) is 0 Å². The molecule has 37 heavy (non-hydrogen) atoms. The molecule has 2 aliphatic heterocycles. The maximum absolute atomic E-state index is 13.0. The minimum absolute atomic E-state index is 0.150. The first-order valence-corrected chi connectivity index (χ1v) is 14.4. The minimum atomic E-state index is -3.34. The van der Waals surface area contributed by atoms with Crippen molar-refractivity contribution in [1.82, 2.24) is 4.98 Å². The van der Waals surface area contributed by atoms with E-state index >= 15 is 0 Å². The molecule has 8 nitrogen and oxygen atoms in total. The Morgan fingerprint density at radius 2 is 1.76 bits per heavy atom. The van der Waals surface area contributed by atoms with Gasteiger partial charge in [0.05, 0.1) is 41.1 Å². The van der Waals surface area contributed by atoms with Crippen molar-refractivity contribution in [2.75, 3.05) is 53.1 Å². The number of ether oxygens (including phenoxy) is 1. The van der Waals surface area contributed by atoms with Gasteiger partial charge in [-0.3, -0.25) is 14.1 Å². The van der Waals surface area contributed by atoms with E-state index < -0.39 is 10.0 Å². The number of rotatable bonds is 5. The molecule has 0 saturated carbocycles. The van der Waals surface area contributed by atoms with Gasteiger partial charge in [0.2, 0.25) is 10.0 Å². The fourth-order valence-electron chi connectivity index (χ4n) is 4.69. The zero-order chi connectivity index (χ0) is 25.8. The summed E-state index contributed by atoms with van der Waals surface area (Å²) in [4.78, 5) is 19.8. The van der Waals surface area contributed by atoms with Gasteiger partial charge >= 0.3 is 0 Å². The van der Waals surface area contributed by atoms with Gasteiger partial charge in [-0.15, -0.1) is 0 Å². The maximum Gasteiger partial charge on any atom is 0.255 e. The number of hydrogen-bond acceptors (Lipinski definition) is 6. The number of sulfonamides is 1. The van der Waals surface area contributed by atoms with Gasteiger partial charge in [-0.2, -0.15) is 0 Å². The Bertz CT molecular complexity index is 1380. The Kier molecular flexibility index (Phi) is 7.64. The topological polar surface area (TPSA) is 91.8 Å². The highest BCUT2D eigenvalue weighted by Gasteiger charge is 2.25. The molecule has 0 atom stereocenters. The van der Waals surface area contributed by atoms with Crippen molar-refractivity contribution in [2.45, 2.75) is 19.3 Å². The Morgan fingerprint density at radius 1 is 0.973 bits per heavy atom. The number of carbonyl (C=O) groups excluding carboxylic acids is 1. The van der Waals surface area contributed by atoms with Gasteiger partial charge in [0.1, 0.15) is 0 Å². The lowest BCUT2D eigenvalue weighted by atomic mass is 10.1. The third kappa shape index (κ3) is 5.74. The number of pyridine rings is 1. The van der Waals surface area contributed by atoms with Crippen molar-refractivity contribution in [1.29, 1.82) is 0 Å². The van der Waals surface area contributed by atoms with E-state index in [4.69, 9.17) is 16.3 Å². The van der Waals surface area contributed by atoms with Crippen molar-refractivity contribution >= 4 is 44.6 Å². The molecule has 0 unspecified atom stereocenters. The van der Waals surface area contributed by atoms with Crippen molar-refractivity contribution in [3.8, 4) is 11.3 Å². The zero-order valence-corrected chi connectivity index (χ0v) is 22.0. The van der Waals surface area contributed by atoms with Crippen LogP contribution in [0.2, 0.25) is 5.02 Å². The summed E-state index contributed by atoms with van der Waals surface area (Å²) in [6.45, 7) is 3.30. The van der Waals surface area contributed by atoms with E-state index in [0.29, 0.717) is 48.1 Å². The van der Waals surface area contributed by atoms with E-state index in [1.807, 2.05) is 18.2 Å². The van der Waals surface area contributed by atoms with E-state index in [9.17, 15) is 13.2 Å². The Hall–Kier alpha value is -3.14. The van der Waals surface area contributed by atoms with E-state index in [0.717, 1.165) is 42.9 Å². The van der Waals surface area contributed by atoms with E-state index in [2.05, 4.69) is 15.2 Å². The van der Waals surface area contributed by atoms with E-state index in [1.165, 1.54) is 4.31 Å². The molecule has 0 aliphatic carbocycles. The number of carbonyl (C=O) groups is 1. The normalized spacial score (nSPS) is 17.8. The third-order valence-corrected chi connectivity index (χ3v) is 8.83. The second-order valence-corrected chi connectivity index (χ2v) is 11.5. The van der Waals surface area contributed by atoms with Crippen molar-refractivity contribution in [2.24, 2.45) is 0 Å². The quantitative estimate of drug-likeness (QED) is 0.499. The van der Waals surface area contributed by atoms with E-state index in [-0.39, 0.29) is 11.7 Å². The number of morpholine rings is 1. The summed E-state index contributed by atoms with van der Waals surface area (Å²) in [5, 5.41) is 3.47. The highest BCUT2D eigenvalue weighted by atomic mass is 35.5. The Morgan fingerprint density at radius 3 is 2.54 bits per heavy atom. The number of hydrogen-bond donors (Lipinski definition) is 1. The monoisotopic (exact) mass is 540 g/mol. The van der Waals surface area contributed by atoms with Crippen LogP contribution in [0.3, 0.4) is 0 Å². The van der Waals surface area contributed by atoms with Crippen LogP contribution in [-0.2, 0) is 14.8 Å².